The Labute approximate surface area is 157 Å². The molecule has 27 heavy (non-hydrogen) atoms. The van der Waals surface area contributed by atoms with E-state index in [1.807, 2.05) is 6.92 Å². The molecule has 5 atom stereocenters. The Balaban J connectivity index is 0.000000177. The Morgan fingerprint density at radius 1 is 1.15 bits per heavy atom. The second kappa shape index (κ2) is 8.22. The summed E-state index contributed by atoms with van der Waals surface area (Å²) < 4.78 is 18.0. The molecule has 1 saturated heterocycles. The van der Waals surface area contributed by atoms with Gasteiger partial charge in [0.15, 0.2) is 0 Å². The van der Waals surface area contributed by atoms with Crippen LogP contribution < -0.4 is 0 Å². The third kappa shape index (κ3) is 4.22. The minimum absolute atomic E-state index is 0.401. The zero-order valence-electron chi connectivity index (χ0n) is 15.2. The van der Waals surface area contributed by atoms with Gasteiger partial charge in [-0.05, 0) is 31.5 Å². The summed E-state index contributed by atoms with van der Waals surface area (Å²) in [5.74, 6) is -0.401. The van der Waals surface area contributed by atoms with E-state index >= 15 is 0 Å². The number of aliphatic hydroxyl groups is 3. The van der Waals surface area contributed by atoms with Gasteiger partial charge in [-0.2, -0.15) is 0 Å². The molecule has 7 heteroatoms. The van der Waals surface area contributed by atoms with Crippen molar-refractivity contribution >= 4 is 6.08 Å². The summed E-state index contributed by atoms with van der Waals surface area (Å²) in [5.41, 5.74) is 3.89. The fourth-order valence-electron chi connectivity index (χ4n) is 3.19. The number of halogens is 1. The molecule has 3 N–H and O–H groups in total. The Kier molecular flexibility index (Phi) is 5.96. The summed E-state index contributed by atoms with van der Waals surface area (Å²) in [4.78, 5) is 8.23. The predicted molar refractivity (Wildman–Crippen MR) is 97.2 cm³/mol. The van der Waals surface area contributed by atoms with E-state index in [4.69, 9.17) is 4.74 Å². The van der Waals surface area contributed by atoms with E-state index in [2.05, 4.69) is 22.1 Å². The molecule has 2 heterocycles. The van der Waals surface area contributed by atoms with Gasteiger partial charge in [0.2, 0.25) is 0 Å². The van der Waals surface area contributed by atoms with Gasteiger partial charge >= 0.3 is 0 Å². The van der Waals surface area contributed by atoms with Crippen molar-refractivity contribution in [3.63, 3.8) is 0 Å². The van der Waals surface area contributed by atoms with Gasteiger partial charge in [0.05, 0.1) is 11.8 Å². The Morgan fingerprint density at radius 3 is 2.44 bits per heavy atom. The number of aromatic nitrogens is 2. The fourth-order valence-corrected chi connectivity index (χ4v) is 3.19. The van der Waals surface area contributed by atoms with Crippen molar-refractivity contribution in [3.8, 4) is 0 Å². The monoisotopic (exact) mass is 374 g/mol. The van der Waals surface area contributed by atoms with Crippen molar-refractivity contribution in [3.05, 3.63) is 65.0 Å². The summed E-state index contributed by atoms with van der Waals surface area (Å²) >= 11 is 0. The van der Waals surface area contributed by atoms with Gasteiger partial charge in [0.25, 0.3) is 0 Å². The third-order valence-electron chi connectivity index (χ3n) is 4.82. The molecule has 5 unspecified atom stereocenters. The average Bonchev–Trinajstić information content (AvgIpc) is 3.24. The molecule has 144 valence electrons. The number of benzene rings is 1. The summed E-state index contributed by atoms with van der Waals surface area (Å²) in [6.45, 7) is 3.63. The van der Waals surface area contributed by atoms with Crippen LogP contribution in [0.5, 0.6) is 0 Å². The number of rotatable bonds is 2. The second-order valence-corrected chi connectivity index (χ2v) is 6.71. The third-order valence-corrected chi connectivity index (χ3v) is 4.82. The number of fused-ring (bicyclic) bond motifs is 1. The van der Waals surface area contributed by atoms with E-state index < -0.39 is 36.3 Å². The number of hydrogen-bond acceptors (Lipinski definition) is 6. The molecule has 1 fully saturated rings. The Morgan fingerprint density at radius 2 is 1.85 bits per heavy atom. The molecule has 0 bridgehead atoms. The number of hydrogen-bond donors (Lipinski definition) is 3. The Bertz CT molecular complexity index is 812. The number of aliphatic hydroxyl groups excluding tert-OH is 3. The first-order valence-electron chi connectivity index (χ1n) is 8.80. The van der Waals surface area contributed by atoms with Crippen LogP contribution in [0.4, 0.5) is 4.39 Å². The van der Waals surface area contributed by atoms with Gasteiger partial charge in [0.1, 0.15) is 36.6 Å². The highest BCUT2D eigenvalue weighted by Gasteiger charge is 2.44. The lowest BCUT2D eigenvalue weighted by atomic mass is 9.99. The molecular formula is C20H23FN2O4. The normalized spacial score (nSPS) is 27.0. The number of aryl methyl sites for hydroxylation is 1. The van der Waals surface area contributed by atoms with Crippen LogP contribution in [-0.2, 0) is 11.2 Å². The van der Waals surface area contributed by atoms with Crippen molar-refractivity contribution in [2.24, 2.45) is 0 Å². The van der Waals surface area contributed by atoms with Gasteiger partial charge < -0.3 is 20.1 Å². The van der Waals surface area contributed by atoms with E-state index in [9.17, 15) is 19.7 Å². The molecule has 4 rings (SSSR count). The van der Waals surface area contributed by atoms with Crippen LogP contribution in [0.15, 0.2) is 36.7 Å². The van der Waals surface area contributed by atoms with Crippen molar-refractivity contribution in [1.29, 1.82) is 0 Å². The molecule has 2 aliphatic rings. The van der Waals surface area contributed by atoms with Crippen LogP contribution in [0, 0.1) is 12.7 Å². The van der Waals surface area contributed by atoms with E-state index in [-0.39, 0.29) is 0 Å². The lowest BCUT2D eigenvalue weighted by molar-refractivity contribution is -0.0635. The number of ether oxygens (including phenoxy) is 1. The van der Waals surface area contributed by atoms with E-state index in [0.717, 1.165) is 17.8 Å². The maximum Gasteiger partial charge on any atom is 0.123 e. The highest BCUT2D eigenvalue weighted by molar-refractivity contribution is 5.59. The number of allylic oxidation sites excluding steroid dienone is 1. The average molecular weight is 374 g/mol. The van der Waals surface area contributed by atoms with E-state index in [0.29, 0.717) is 5.56 Å². The molecule has 6 nitrogen and oxygen atoms in total. The molecule has 1 aliphatic heterocycles. The minimum atomic E-state index is -1.15. The summed E-state index contributed by atoms with van der Waals surface area (Å²) in [5, 5.41) is 29.2. The smallest absolute Gasteiger partial charge is 0.123 e. The standard InChI is InChI=1S/C12H15FO4.C8H8N2/c1-6-9(14)11(16)12(17-6)10(15)7-2-4-8(13)5-3-7;1-6-7-3-2-4-8(7)10-5-9-6/h2-6,9-12,14-16H,1H3;2-3,5H,4H2,1H3. The molecule has 0 spiro atoms. The predicted octanol–water partition coefficient (Wildman–Crippen LogP) is 1.72. The SMILES string of the molecule is CC1OC(C(O)c2ccc(F)cc2)C(O)C1O.Cc1ncnc2c1C=CC2. The first-order valence-corrected chi connectivity index (χ1v) is 8.80. The van der Waals surface area contributed by atoms with E-state index in [1.165, 1.54) is 29.8 Å². The van der Waals surface area contributed by atoms with Gasteiger partial charge in [-0.15, -0.1) is 0 Å². The largest absolute Gasteiger partial charge is 0.388 e. The Hall–Kier alpha value is -2.19. The fraction of sp³-hybridized carbons (Fsp3) is 0.400. The molecule has 0 amide bonds. The molecule has 0 saturated carbocycles. The molecule has 1 aromatic carbocycles. The molecule has 1 aliphatic carbocycles. The first-order chi connectivity index (χ1) is 12.9. The lowest BCUT2D eigenvalue weighted by Gasteiger charge is -2.21. The molecule has 2 aromatic rings. The maximum absolute atomic E-state index is 12.7. The molecule has 0 radical (unpaired) electrons. The van der Waals surface area contributed by atoms with Crippen molar-refractivity contribution < 1.29 is 24.4 Å². The topological polar surface area (TPSA) is 95.7 Å². The second-order valence-electron chi connectivity index (χ2n) is 6.71. The van der Waals surface area contributed by atoms with Crippen molar-refractivity contribution in [1.82, 2.24) is 9.97 Å². The van der Waals surface area contributed by atoms with Crippen LogP contribution in [0.3, 0.4) is 0 Å². The first kappa shape index (κ1) is 19.6. The van der Waals surface area contributed by atoms with Gasteiger partial charge in [-0.1, -0.05) is 24.3 Å². The zero-order chi connectivity index (χ0) is 19.6. The molecule has 1 aromatic heterocycles. The van der Waals surface area contributed by atoms with Crippen molar-refractivity contribution in [2.45, 2.75) is 50.8 Å². The van der Waals surface area contributed by atoms with Gasteiger partial charge in [-0.25, -0.2) is 14.4 Å². The van der Waals surface area contributed by atoms with Crippen LogP contribution in [0.2, 0.25) is 0 Å². The van der Waals surface area contributed by atoms with Crippen LogP contribution in [0.25, 0.3) is 6.08 Å². The van der Waals surface area contributed by atoms with Crippen LogP contribution in [0.1, 0.15) is 35.5 Å². The summed E-state index contributed by atoms with van der Waals surface area (Å²) in [6, 6.07) is 5.29. The zero-order valence-corrected chi connectivity index (χ0v) is 15.2. The highest BCUT2D eigenvalue weighted by atomic mass is 19.1. The van der Waals surface area contributed by atoms with Crippen LogP contribution in [-0.4, -0.2) is 49.7 Å². The maximum atomic E-state index is 12.7. The lowest BCUT2D eigenvalue weighted by Crippen LogP contribution is -2.34. The van der Waals surface area contributed by atoms with Crippen LogP contribution >= 0.6 is 0 Å². The highest BCUT2D eigenvalue weighted by Crippen LogP contribution is 2.30. The van der Waals surface area contributed by atoms with Crippen molar-refractivity contribution in [2.75, 3.05) is 0 Å². The van der Waals surface area contributed by atoms with Gasteiger partial charge in [0, 0.05) is 17.7 Å². The van der Waals surface area contributed by atoms with E-state index in [1.54, 1.807) is 13.3 Å². The quantitative estimate of drug-likeness (QED) is 0.741. The summed E-state index contributed by atoms with van der Waals surface area (Å²) in [7, 11) is 0. The molecular weight excluding hydrogens is 351 g/mol. The summed E-state index contributed by atoms with van der Waals surface area (Å²) in [6.07, 6.45) is 2.11. The number of nitrogens with zero attached hydrogens (tertiary/aromatic N) is 2. The minimum Gasteiger partial charge on any atom is -0.388 e. The van der Waals surface area contributed by atoms with Gasteiger partial charge in [-0.3, -0.25) is 0 Å².